The van der Waals surface area contributed by atoms with Gasteiger partial charge >= 0.3 is 0 Å². The second-order valence-corrected chi connectivity index (χ2v) is 5.36. The van der Waals surface area contributed by atoms with Gasteiger partial charge in [-0.3, -0.25) is 4.79 Å². The molecule has 4 N–H and O–H groups in total. The lowest BCUT2D eigenvalue weighted by Gasteiger charge is -2.32. The Morgan fingerprint density at radius 3 is 2.75 bits per heavy atom. The number of ether oxygens (including phenoxy) is 1. The van der Waals surface area contributed by atoms with Crippen LogP contribution in [0.4, 0.5) is 0 Å². The molecular weight excluding hydrogens is 254 g/mol. The number of methoxy groups -OCH3 is 1. The van der Waals surface area contributed by atoms with E-state index >= 15 is 0 Å². The van der Waals surface area contributed by atoms with Crippen LogP contribution in [-0.2, 0) is 4.79 Å². The number of benzene rings is 1. The van der Waals surface area contributed by atoms with Crippen LogP contribution < -0.4 is 16.2 Å². The molecule has 1 aliphatic rings. The van der Waals surface area contributed by atoms with Gasteiger partial charge in [-0.2, -0.15) is 0 Å². The Morgan fingerprint density at radius 2 is 2.15 bits per heavy atom. The quantitative estimate of drug-likeness (QED) is 0.837. The first-order valence-corrected chi connectivity index (χ1v) is 7.01. The van der Waals surface area contributed by atoms with Gasteiger partial charge < -0.3 is 21.1 Å². The molecule has 1 aromatic carbocycles. The molecular formula is C15H23N3O2. The molecule has 1 fully saturated rings. The van der Waals surface area contributed by atoms with Crippen LogP contribution in [-0.4, -0.2) is 37.6 Å². The molecule has 1 heterocycles. The highest BCUT2D eigenvalue weighted by Crippen LogP contribution is 2.21. The number of primary amides is 1. The number of hydrogen-bond donors (Lipinski definition) is 2. The number of carbonyl (C=O) groups is 1. The van der Waals surface area contributed by atoms with E-state index in [2.05, 4.69) is 4.90 Å². The molecule has 0 radical (unpaired) electrons. The maximum Gasteiger partial charge on any atom is 0.220 e. The molecule has 5 heteroatoms. The predicted octanol–water partition coefficient (Wildman–Crippen LogP) is 0.892. The van der Waals surface area contributed by atoms with Crippen LogP contribution in [0.3, 0.4) is 0 Å². The maximum absolute atomic E-state index is 11.1. The number of rotatable bonds is 5. The van der Waals surface area contributed by atoms with Crippen LogP contribution in [0.5, 0.6) is 5.75 Å². The minimum Gasteiger partial charge on any atom is -0.497 e. The van der Waals surface area contributed by atoms with Crippen LogP contribution in [0.2, 0.25) is 0 Å². The summed E-state index contributed by atoms with van der Waals surface area (Å²) in [4.78, 5) is 13.4. The number of piperidine rings is 1. The summed E-state index contributed by atoms with van der Waals surface area (Å²) in [7, 11) is 1.65. The first-order valence-electron chi connectivity index (χ1n) is 7.01. The Bertz CT molecular complexity index is 456. The van der Waals surface area contributed by atoms with Crippen molar-refractivity contribution < 1.29 is 9.53 Å². The SMILES string of the molecule is COc1cccc(C(N)CN2CCC(C(N)=O)CC2)c1. The standard InChI is InChI=1S/C15H23N3O2/c1-20-13-4-2-3-12(9-13)14(16)10-18-7-5-11(6-8-18)15(17)19/h2-4,9,11,14H,5-8,10,16H2,1H3,(H2,17,19). The van der Waals surface area contributed by atoms with Crippen molar-refractivity contribution in [1.29, 1.82) is 0 Å². The van der Waals surface area contributed by atoms with Gasteiger partial charge in [0, 0.05) is 18.5 Å². The third-order valence-corrected chi connectivity index (χ3v) is 3.97. The van der Waals surface area contributed by atoms with E-state index in [1.165, 1.54) is 0 Å². The van der Waals surface area contributed by atoms with Crippen LogP contribution >= 0.6 is 0 Å². The second-order valence-electron chi connectivity index (χ2n) is 5.36. The minimum absolute atomic E-state index is 0.0271. The molecule has 0 spiro atoms. The lowest BCUT2D eigenvalue weighted by molar-refractivity contribution is -0.123. The fourth-order valence-corrected chi connectivity index (χ4v) is 2.66. The summed E-state index contributed by atoms with van der Waals surface area (Å²) in [6, 6.07) is 7.81. The van der Waals surface area contributed by atoms with Crippen molar-refractivity contribution in [3.8, 4) is 5.75 Å². The van der Waals surface area contributed by atoms with Crippen molar-refractivity contribution in [2.24, 2.45) is 17.4 Å². The highest BCUT2D eigenvalue weighted by molar-refractivity contribution is 5.76. The summed E-state index contributed by atoms with van der Waals surface area (Å²) in [6.45, 7) is 2.55. The highest BCUT2D eigenvalue weighted by Gasteiger charge is 2.24. The summed E-state index contributed by atoms with van der Waals surface area (Å²) in [6.07, 6.45) is 1.67. The highest BCUT2D eigenvalue weighted by atomic mass is 16.5. The molecule has 0 saturated carbocycles. The number of nitrogens with two attached hydrogens (primary N) is 2. The number of carbonyl (C=O) groups excluding carboxylic acids is 1. The fraction of sp³-hybridized carbons (Fsp3) is 0.533. The van der Waals surface area contributed by atoms with Gasteiger partial charge in [0.15, 0.2) is 0 Å². The summed E-state index contributed by atoms with van der Waals surface area (Å²) in [5.41, 5.74) is 12.7. The molecule has 1 unspecified atom stereocenters. The van der Waals surface area contributed by atoms with Gasteiger partial charge in [-0.15, -0.1) is 0 Å². The summed E-state index contributed by atoms with van der Waals surface area (Å²) in [5.74, 6) is 0.673. The van der Waals surface area contributed by atoms with E-state index in [0.717, 1.165) is 43.8 Å². The second kappa shape index (κ2) is 6.72. The van der Waals surface area contributed by atoms with Gasteiger partial charge in [0.25, 0.3) is 0 Å². The topological polar surface area (TPSA) is 81.6 Å². The Labute approximate surface area is 119 Å². The monoisotopic (exact) mass is 277 g/mol. The molecule has 0 aliphatic carbocycles. The van der Waals surface area contributed by atoms with Crippen molar-refractivity contribution in [1.82, 2.24) is 4.90 Å². The molecule has 1 aliphatic heterocycles. The Hall–Kier alpha value is -1.59. The van der Waals surface area contributed by atoms with Crippen LogP contribution in [0.25, 0.3) is 0 Å². The third kappa shape index (κ3) is 3.71. The van der Waals surface area contributed by atoms with E-state index in [-0.39, 0.29) is 17.9 Å². The summed E-state index contributed by atoms with van der Waals surface area (Å²) in [5, 5.41) is 0. The Balaban J connectivity index is 1.88. The molecule has 0 bridgehead atoms. The molecule has 5 nitrogen and oxygen atoms in total. The molecule has 1 saturated heterocycles. The zero-order valence-electron chi connectivity index (χ0n) is 11.9. The van der Waals surface area contributed by atoms with Gasteiger partial charge in [0.05, 0.1) is 7.11 Å². The van der Waals surface area contributed by atoms with E-state index in [1.54, 1.807) is 7.11 Å². The Kier molecular flexibility index (Phi) is 4.98. The first-order chi connectivity index (χ1) is 9.60. The van der Waals surface area contributed by atoms with Crippen molar-refractivity contribution in [2.75, 3.05) is 26.7 Å². The summed E-state index contributed by atoms with van der Waals surface area (Å²) >= 11 is 0. The van der Waals surface area contributed by atoms with E-state index in [4.69, 9.17) is 16.2 Å². The third-order valence-electron chi connectivity index (χ3n) is 3.97. The number of nitrogens with zero attached hydrogens (tertiary/aromatic N) is 1. The first kappa shape index (κ1) is 14.8. The largest absolute Gasteiger partial charge is 0.497 e. The van der Waals surface area contributed by atoms with E-state index in [0.29, 0.717) is 0 Å². The van der Waals surface area contributed by atoms with Gasteiger partial charge in [0.2, 0.25) is 5.91 Å². The fourth-order valence-electron chi connectivity index (χ4n) is 2.66. The van der Waals surface area contributed by atoms with E-state index < -0.39 is 0 Å². The summed E-state index contributed by atoms with van der Waals surface area (Å²) < 4.78 is 5.21. The van der Waals surface area contributed by atoms with Crippen molar-refractivity contribution in [3.05, 3.63) is 29.8 Å². The Morgan fingerprint density at radius 1 is 1.45 bits per heavy atom. The smallest absolute Gasteiger partial charge is 0.220 e. The number of amides is 1. The van der Waals surface area contributed by atoms with E-state index in [9.17, 15) is 4.79 Å². The molecule has 20 heavy (non-hydrogen) atoms. The average Bonchev–Trinajstić information content (AvgIpc) is 2.47. The zero-order valence-corrected chi connectivity index (χ0v) is 11.9. The predicted molar refractivity (Wildman–Crippen MR) is 78.3 cm³/mol. The normalized spacial score (nSPS) is 18.7. The molecule has 1 aromatic rings. The van der Waals surface area contributed by atoms with Gasteiger partial charge in [-0.1, -0.05) is 12.1 Å². The lowest BCUT2D eigenvalue weighted by atomic mass is 9.95. The maximum atomic E-state index is 11.1. The number of hydrogen-bond acceptors (Lipinski definition) is 4. The average molecular weight is 277 g/mol. The molecule has 110 valence electrons. The van der Waals surface area contributed by atoms with Crippen LogP contribution in [0.15, 0.2) is 24.3 Å². The molecule has 1 atom stereocenters. The van der Waals surface area contributed by atoms with Gasteiger partial charge in [0.1, 0.15) is 5.75 Å². The van der Waals surface area contributed by atoms with Crippen molar-refractivity contribution >= 4 is 5.91 Å². The van der Waals surface area contributed by atoms with Gasteiger partial charge in [-0.25, -0.2) is 0 Å². The van der Waals surface area contributed by atoms with Gasteiger partial charge in [-0.05, 0) is 43.6 Å². The minimum atomic E-state index is -0.179. The zero-order chi connectivity index (χ0) is 14.5. The molecule has 1 amide bonds. The van der Waals surface area contributed by atoms with Crippen molar-refractivity contribution in [2.45, 2.75) is 18.9 Å². The van der Waals surface area contributed by atoms with Crippen LogP contribution in [0, 0.1) is 5.92 Å². The lowest BCUT2D eigenvalue weighted by Crippen LogP contribution is -2.41. The van der Waals surface area contributed by atoms with Crippen molar-refractivity contribution in [3.63, 3.8) is 0 Å². The number of likely N-dealkylation sites (tertiary alicyclic amines) is 1. The molecule has 2 rings (SSSR count). The van der Waals surface area contributed by atoms with E-state index in [1.807, 2.05) is 24.3 Å². The molecule has 0 aromatic heterocycles. The van der Waals surface area contributed by atoms with Crippen LogP contribution in [0.1, 0.15) is 24.4 Å².